The molecule has 0 fully saturated rings. The molecule has 0 amide bonds. The molecule has 1 aliphatic rings. The Hall–Kier alpha value is -6.57. The molecule has 1 nitrogen and oxygen atoms in total. The quantitative estimate of drug-likeness (QED) is 0.177. The molecule has 0 saturated heterocycles. The lowest BCUT2D eigenvalue weighted by molar-refractivity contribution is 1.33. The number of pyridine rings is 1. The van der Waals surface area contributed by atoms with Gasteiger partial charge >= 0.3 is 0 Å². The standard InChI is InChI=1S/C49H29N/c1-2-8-31-21-34(14-13-30(31)7-1)35-15-16-37-23-38(18-17-36(37)22-35)40-24-41(29-50-28-40)43-19-20-44-45-25-32-9-3-4-10-33(32)26-46(45)47-27-39-11-5-6-12-42(39)48(43)49(44)47/h1-29H. The fraction of sp³-hybridized carbons (Fsp3) is 0. The topological polar surface area (TPSA) is 12.9 Å². The zero-order valence-electron chi connectivity index (χ0n) is 27.2. The Morgan fingerprint density at radius 3 is 1.44 bits per heavy atom. The van der Waals surface area contributed by atoms with E-state index in [0.29, 0.717) is 0 Å². The zero-order chi connectivity index (χ0) is 32.8. The highest BCUT2D eigenvalue weighted by Gasteiger charge is 2.25. The summed E-state index contributed by atoms with van der Waals surface area (Å²) in [5.41, 5.74) is 12.4. The number of hydrogen-bond acceptors (Lipinski definition) is 1. The average molecular weight is 632 g/mol. The van der Waals surface area contributed by atoms with E-state index >= 15 is 0 Å². The van der Waals surface area contributed by atoms with Crippen LogP contribution in [0.25, 0.3) is 109 Å². The molecule has 230 valence electrons. The summed E-state index contributed by atoms with van der Waals surface area (Å²) in [4.78, 5) is 4.82. The van der Waals surface area contributed by atoms with Gasteiger partial charge in [-0.25, -0.2) is 0 Å². The van der Waals surface area contributed by atoms with Gasteiger partial charge in [0.05, 0.1) is 0 Å². The Morgan fingerprint density at radius 1 is 0.260 bits per heavy atom. The first-order valence-electron chi connectivity index (χ1n) is 17.3. The second-order valence-corrected chi connectivity index (χ2v) is 13.6. The summed E-state index contributed by atoms with van der Waals surface area (Å²) >= 11 is 0. The number of rotatable bonds is 3. The van der Waals surface area contributed by atoms with Crippen LogP contribution in [0.15, 0.2) is 176 Å². The van der Waals surface area contributed by atoms with E-state index in [-0.39, 0.29) is 0 Å². The van der Waals surface area contributed by atoms with Crippen molar-refractivity contribution in [3.8, 4) is 55.6 Å². The van der Waals surface area contributed by atoms with Crippen LogP contribution in [-0.4, -0.2) is 4.98 Å². The molecular formula is C49H29N. The van der Waals surface area contributed by atoms with Gasteiger partial charge in [-0.2, -0.15) is 0 Å². The van der Waals surface area contributed by atoms with Crippen LogP contribution >= 0.6 is 0 Å². The van der Waals surface area contributed by atoms with Gasteiger partial charge in [0, 0.05) is 23.5 Å². The van der Waals surface area contributed by atoms with Crippen molar-refractivity contribution in [2.24, 2.45) is 0 Å². The van der Waals surface area contributed by atoms with E-state index in [1.54, 1.807) is 0 Å². The van der Waals surface area contributed by atoms with Gasteiger partial charge in [-0.3, -0.25) is 4.98 Å². The molecule has 0 radical (unpaired) electrons. The summed E-state index contributed by atoms with van der Waals surface area (Å²) in [7, 11) is 0. The monoisotopic (exact) mass is 631 g/mol. The van der Waals surface area contributed by atoms with Crippen molar-refractivity contribution in [1.82, 2.24) is 4.98 Å². The largest absolute Gasteiger partial charge is 0.263 e. The van der Waals surface area contributed by atoms with Gasteiger partial charge in [-0.05, 0) is 141 Å². The molecule has 1 heterocycles. The summed E-state index contributed by atoms with van der Waals surface area (Å²) in [5.74, 6) is 0. The summed E-state index contributed by atoms with van der Waals surface area (Å²) in [6.07, 6.45) is 4.02. The minimum atomic E-state index is 1.12. The molecule has 0 aliphatic heterocycles. The molecule has 0 spiro atoms. The summed E-state index contributed by atoms with van der Waals surface area (Å²) in [5, 5.41) is 12.7. The van der Waals surface area contributed by atoms with E-state index < -0.39 is 0 Å². The summed E-state index contributed by atoms with van der Waals surface area (Å²) in [6, 6.07) is 60.4. The van der Waals surface area contributed by atoms with Crippen LogP contribution in [0.4, 0.5) is 0 Å². The van der Waals surface area contributed by atoms with Gasteiger partial charge in [-0.1, -0.05) is 121 Å². The average Bonchev–Trinajstić information content (AvgIpc) is 3.49. The number of benzene rings is 9. The van der Waals surface area contributed by atoms with Gasteiger partial charge in [0.25, 0.3) is 0 Å². The second kappa shape index (κ2) is 10.5. The number of aromatic nitrogens is 1. The highest BCUT2D eigenvalue weighted by atomic mass is 14.6. The molecule has 1 heteroatoms. The normalized spacial score (nSPS) is 12.0. The zero-order valence-corrected chi connectivity index (χ0v) is 27.2. The van der Waals surface area contributed by atoms with E-state index in [4.69, 9.17) is 4.98 Å². The maximum Gasteiger partial charge on any atom is 0.0347 e. The molecule has 10 aromatic rings. The molecule has 1 aliphatic carbocycles. The first-order chi connectivity index (χ1) is 24.7. The fourth-order valence-electron chi connectivity index (χ4n) is 8.32. The van der Waals surface area contributed by atoms with E-state index in [1.165, 1.54) is 98.4 Å². The lowest BCUT2D eigenvalue weighted by atomic mass is 9.90. The fourth-order valence-corrected chi connectivity index (χ4v) is 8.32. The Balaban J connectivity index is 1.04. The number of fused-ring (bicyclic) bond motifs is 8. The Morgan fingerprint density at radius 2 is 0.740 bits per heavy atom. The minimum Gasteiger partial charge on any atom is -0.263 e. The van der Waals surface area contributed by atoms with Crippen molar-refractivity contribution in [3.63, 3.8) is 0 Å². The van der Waals surface area contributed by atoms with E-state index in [0.717, 1.165) is 11.1 Å². The lowest BCUT2D eigenvalue weighted by Gasteiger charge is -2.14. The molecule has 11 rings (SSSR count). The van der Waals surface area contributed by atoms with Crippen LogP contribution in [0.2, 0.25) is 0 Å². The maximum atomic E-state index is 4.82. The maximum absolute atomic E-state index is 4.82. The summed E-state index contributed by atoms with van der Waals surface area (Å²) in [6.45, 7) is 0. The van der Waals surface area contributed by atoms with Crippen molar-refractivity contribution in [3.05, 3.63) is 176 Å². The van der Waals surface area contributed by atoms with Crippen LogP contribution in [0.3, 0.4) is 0 Å². The van der Waals surface area contributed by atoms with Crippen LogP contribution in [0, 0.1) is 0 Å². The molecule has 50 heavy (non-hydrogen) atoms. The van der Waals surface area contributed by atoms with Crippen LogP contribution in [-0.2, 0) is 0 Å². The number of nitrogens with zero attached hydrogens (tertiary/aromatic N) is 1. The van der Waals surface area contributed by atoms with Gasteiger partial charge in [0.15, 0.2) is 0 Å². The highest BCUT2D eigenvalue weighted by molar-refractivity contribution is 6.28. The second-order valence-electron chi connectivity index (χ2n) is 13.6. The highest BCUT2D eigenvalue weighted by Crippen LogP contribution is 2.52. The first kappa shape index (κ1) is 27.4. The van der Waals surface area contributed by atoms with Crippen LogP contribution in [0.5, 0.6) is 0 Å². The predicted octanol–water partition coefficient (Wildman–Crippen LogP) is 13.5. The third-order valence-electron chi connectivity index (χ3n) is 10.8. The van der Waals surface area contributed by atoms with Crippen LogP contribution in [0.1, 0.15) is 0 Å². The molecule has 0 atom stereocenters. The first-order valence-corrected chi connectivity index (χ1v) is 17.3. The SMILES string of the molecule is c1ccc2cc(-c3ccc4cc(-c5cncc(-c6ccc7c8c(cc9ccccc9c68)-c6cc8ccccc8cc6-7)c5)ccc4c3)ccc2c1. The van der Waals surface area contributed by atoms with E-state index in [2.05, 4.69) is 164 Å². The third kappa shape index (κ3) is 4.11. The molecule has 0 bridgehead atoms. The summed E-state index contributed by atoms with van der Waals surface area (Å²) < 4.78 is 0. The Bertz CT molecular complexity index is 3040. The predicted molar refractivity (Wildman–Crippen MR) is 213 cm³/mol. The molecular weight excluding hydrogens is 603 g/mol. The van der Waals surface area contributed by atoms with Crippen molar-refractivity contribution >= 4 is 53.9 Å². The van der Waals surface area contributed by atoms with Gasteiger partial charge in [0.1, 0.15) is 0 Å². The number of hydrogen-bond donors (Lipinski definition) is 0. The smallest absolute Gasteiger partial charge is 0.0347 e. The van der Waals surface area contributed by atoms with E-state index in [9.17, 15) is 0 Å². The molecule has 9 aromatic carbocycles. The Labute approximate surface area is 289 Å². The van der Waals surface area contributed by atoms with E-state index in [1.807, 2.05) is 12.4 Å². The Kier molecular flexibility index (Phi) is 5.73. The molecule has 0 unspecified atom stereocenters. The minimum absolute atomic E-state index is 1.12. The van der Waals surface area contributed by atoms with Crippen molar-refractivity contribution < 1.29 is 0 Å². The lowest BCUT2D eigenvalue weighted by Crippen LogP contribution is -1.89. The van der Waals surface area contributed by atoms with Crippen molar-refractivity contribution in [2.75, 3.05) is 0 Å². The molecule has 0 saturated carbocycles. The molecule has 1 aromatic heterocycles. The van der Waals surface area contributed by atoms with Gasteiger partial charge in [-0.15, -0.1) is 0 Å². The molecule has 0 N–H and O–H groups in total. The van der Waals surface area contributed by atoms with Crippen LogP contribution < -0.4 is 0 Å². The van der Waals surface area contributed by atoms with Gasteiger partial charge < -0.3 is 0 Å². The van der Waals surface area contributed by atoms with Gasteiger partial charge in [0.2, 0.25) is 0 Å². The van der Waals surface area contributed by atoms with Crippen molar-refractivity contribution in [1.29, 1.82) is 0 Å². The third-order valence-corrected chi connectivity index (χ3v) is 10.8. The van der Waals surface area contributed by atoms with Crippen molar-refractivity contribution in [2.45, 2.75) is 0 Å².